The van der Waals surface area contributed by atoms with Gasteiger partial charge in [0.2, 0.25) is 0 Å². The minimum absolute atomic E-state index is 0.157. The Hall–Kier alpha value is -3.46. The number of amides is 1. The predicted octanol–water partition coefficient (Wildman–Crippen LogP) is 3.76. The molecule has 2 aromatic carbocycles. The van der Waals surface area contributed by atoms with Gasteiger partial charge in [-0.3, -0.25) is 10.1 Å². The number of carbonyl (C=O) groups is 2. The molecule has 7 nitrogen and oxygen atoms in total. The number of nitrogens with zero attached hydrogens (tertiary/aromatic N) is 1. The van der Waals surface area contributed by atoms with Crippen LogP contribution in [0, 0.1) is 5.82 Å². The number of hydrogen-bond acceptors (Lipinski definition) is 7. The van der Waals surface area contributed by atoms with E-state index in [1.807, 2.05) is 6.07 Å². The van der Waals surface area contributed by atoms with Gasteiger partial charge in [-0.05, 0) is 42.5 Å². The number of ether oxygens (including phenoxy) is 3. The van der Waals surface area contributed by atoms with Gasteiger partial charge in [0.1, 0.15) is 5.82 Å². The van der Waals surface area contributed by atoms with Gasteiger partial charge in [0.05, 0.1) is 25.5 Å². The largest absolute Gasteiger partial charge is 0.493 e. The second-order valence-corrected chi connectivity index (χ2v) is 6.60. The van der Waals surface area contributed by atoms with E-state index in [4.69, 9.17) is 14.2 Å². The van der Waals surface area contributed by atoms with Crippen LogP contribution in [0.25, 0.3) is 11.3 Å². The predicted molar refractivity (Wildman–Crippen MR) is 106 cm³/mol. The van der Waals surface area contributed by atoms with Crippen molar-refractivity contribution in [1.82, 2.24) is 4.98 Å². The Balaban J connectivity index is 1.59. The Kier molecular flexibility index (Phi) is 6.40. The number of rotatable bonds is 7. The van der Waals surface area contributed by atoms with Crippen LogP contribution in [-0.4, -0.2) is 37.7 Å². The van der Waals surface area contributed by atoms with Gasteiger partial charge in [0, 0.05) is 10.9 Å². The lowest BCUT2D eigenvalue weighted by Gasteiger charge is -2.08. The highest BCUT2D eigenvalue weighted by Gasteiger charge is 2.13. The molecule has 0 saturated carbocycles. The van der Waals surface area contributed by atoms with Crippen molar-refractivity contribution in [2.24, 2.45) is 0 Å². The lowest BCUT2D eigenvalue weighted by atomic mass is 10.1. The van der Waals surface area contributed by atoms with E-state index < -0.39 is 24.3 Å². The number of esters is 1. The van der Waals surface area contributed by atoms with Crippen LogP contribution in [0.2, 0.25) is 0 Å². The molecule has 29 heavy (non-hydrogen) atoms. The summed E-state index contributed by atoms with van der Waals surface area (Å²) in [6.07, 6.45) is 0. The van der Waals surface area contributed by atoms with E-state index >= 15 is 0 Å². The minimum Gasteiger partial charge on any atom is -0.493 e. The summed E-state index contributed by atoms with van der Waals surface area (Å²) in [5.74, 6) is -0.549. The number of nitrogens with one attached hydrogen (secondary N) is 1. The van der Waals surface area contributed by atoms with E-state index in [0.29, 0.717) is 22.3 Å². The maximum Gasteiger partial charge on any atom is 0.338 e. The van der Waals surface area contributed by atoms with Crippen molar-refractivity contribution in [3.63, 3.8) is 0 Å². The van der Waals surface area contributed by atoms with Crippen molar-refractivity contribution in [3.05, 3.63) is 59.2 Å². The fourth-order valence-corrected chi connectivity index (χ4v) is 3.15. The average Bonchev–Trinajstić information content (AvgIpc) is 3.20. The van der Waals surface area contributed by atoms with Crippen LogP contribution in [0.1, 0.15) is 10.4 Å². The molecule has 0 unspecified atom stereocenters. The van der Waals surface area contributed by atoms with Crippen LogP contribution in [0.5, 0.6) is 11.5 Å². The summed E-state index contributed by atoms with van der Waals surface area (Å²) in [6, 6.07) is 10.2. The molecule has 1 amide bonds. The molecule has 3 aromatic rings. The van der Waals surface area contributed by atoms with Gasteiger partial charge in [-0.25, -0.2) is 14.2 Å². The van der Waals surface area contributed by atoms with Crippen molar-refractivity contribution in [2.75, 3.05) is 26.1 Å². The Bertz CT molecular complexity index is 1020. The Morgan fingerprint density at radius 3 is 2.48 bits per heavy atom. The number of aromatic nitrogens is 1. The number of methoxy groups -OCH3 is 2. The van der Waals surface area contributed by atoms with E-state index in [1.165, 1.54) is 23.5 Å². The molecular formula is C20H17FN2O5S. The van der Waals surface area contributed by atoms with Crippen LogP contribution in [0.15, 0.2) is 47.8 Å². The lowest BCUT2D eigenvalue weighted by Crippen LogP contribution is -2.20. The zero-order chi connectivity index (χ0) is 20.8. The van der Waals surface area contributed by atoms with Crippen molar-refractivity contribution < 1.29 is 28.2 Å². The van der Waals surface area contributed by atoms with E-state index in [0.717, 1.165) is 17.7 Å². The molecule has 0 aliphatic heterocycles. The topological polar surface area (TPSA) is 86.8 Å². The van der Waals surface area contributed by atoms with Gasteiger partial charge in [0.25, 0.3) is 5.91 Å². The molecule has 1 N–H and O–H groups in total. The molecule has 150 valence electrons. The highest BCUT2D eigenvalue weighted by atomic mass is 32.1. The minimum atomic E-state index is -0.717. The molecule has 9 heteroatoms. The molecule has 0 bridgehead atoms. The zero-order valence-corrected chi connectivity index (χ0v) is 16.4. The third-order valence-corrected chi connectivity index (χ3v) is 4.60. The van der Waals surface area contributed by atoms with E-state index in [-0.39, 0.29) is 5.56 Å². The Labute approximate surface area is 170 Å². The van der Waals surface area contributed by atoms with Crippen LogP contribution < -0.4 is 14.8 Å². The number of anilines is 1. The normalized spacial score (nSPS) is 10.3. The number of benzene rings is 2. The average molecular weight is 416 g/mol. The van der Waals surface area contributed by atoms with Crippen molar-refractivity contribution in [3.8, 4) is 22.8 Å². The summed E-state index contributed by atoms with van der Waals surface area (Å²) in [5.41, 5.74) is 1.60. The quantitative estimate of drug-likeness (QED) is 0.590. The van der Waals surface area contributed by atoms with Gasteiger partial charge >= 0.3 is 5.97 Å². The van der Waals surface area contributed by atoms with Crippen molar-refractivity contribution in [2.45, 2.75) is 0 Å². The second-order valence-electron chi connectivity index (χ2n) is 5.74. The Morgan fingerprint density at radius 2 is 1.79 bits per heavy atom. The number of thiazole rings is 1. The summed E-state index contributed by atoms with van der Waals surface area (Å²) < 4.78 is 28.3. The van der Waals surface area contributed by atoms with Gasteiger partial charge in [-0.1, -0.05) is 0 Å². The molecule has 0 fully saturated rings. The van der Waals surface area contributed by atoms with E-state index in [9.17, 15) is 14.0 Å². The molecule has 0 aliphatic rings. The lowest BCUT2D eigenvalue weighted by molar-refractivity contribution is -0.119. The summed E-state index contributed by atoms with van der Waals surface area (Å²) in [4.78, 5) is 28.2. The molecule has 0 radical (unpaired) electrons. The highest BCUT2D eigenvalue weighted by Crippen LogP contribution is 2.33. The molecule has 0 aliphatic carbocycles. The molecule has 0 spiro atoms. The molecule has 1 aromatic heterocycles. The third kappa shape index (κ3) is 5.08. The standard InChI is InChI=1S/C20H17FN2O5S/c1-26-16-8-5-13(9-17(16)27-2)15-11-29-20(22-15)23-18(24)10-28-19(25)12-3-6-14(21)7-4-12/h3-9,11H,10H2,1-2H3,(H,22,23,24). The first-order chi connectivity index (χ1) is 14.0. The van der Waals surface area contributed by atoms with Gasteiger partial charge in [0.15, 0.2) is 23.2 Å². The second kappa shape index (κ2) is 9.16. The SMILES string of the molecule is COc1ccc(-c2csc(NC(=O)COC(=O)c3ccc(F)cc3)n2)cc1OC. The maximum absolute atomic E-state index is 12.9. The summed E-state index contributed by atoms with van der Waals surface area (Å²) >= 11 is 1.23. The fraction of sp³-hybridized carbons (Fsp3) is 0.150. The summed E-state index contributed by atoms with van der Waals surface area (Å²) in [6.45, 7) is -0.485. The van der Waals surface area contributed by atoms with Crippen LogP contribution in [0.3, 0.4) is 0 Å². The maximum atomic E-state index is 12.9. The van der Waals surface area contributed by atoms with Crippen molar-refractivity contribution in [1.29, 1.82) is 0 Å². The molecule has 1 heterocycles. The highest BCUT2D eigenvalue weighted by molar-refractivity contribution is 7.14. The Morgan fingerprint density at radius 1 is 1.07 bits per heavy atom. The zero-order valence-electron chi connectivity index (χ0n) is 15.6. The first kappa shape index (κ1) is 20.3. The van der Waals surface area contributed by atoms with Crippen LogP contribution in [0.4, 0.5) is 9.52 Å². The van der Waals surface area contributed by atoms with Gasteiger partial charge in [-0.2, -0.15) is 0 Å². The molecule has 0 saturated heterocycles. The van der Waals surface area contributed by atoms with E-state index in [1.54, 1.807) is 31.7 Å². The third-order valence-electron chi connectivity index (χ3n) is 3.84. The van der Waals surface area contributed by atoms with Gasteiger partial charge in [-0.15, -0.1) is 11.3 Å². The van der Waals surface area contributed by atoms with Crippen molar-refractivity contribution >= 4 is 28.3 Å². The monoisotopic (exact) mass is 416 g/mol. The fourth-order valence-electron chi connectivity index (χ4n) is 2.42. The van der Waals surface area contributed by atoms with E-state index in [2.05, 4.69) is 10.3 Å². The summed E-state index contributed by atoms with van der Waals surface area (Å²) in [7, 11) is 3.10. The number of halogens is 1. The smallest absolute Gasteiger partial charge is 0.338 e. The van der Waals surface area contributed by atoms with Crippen LogP contribution >= 0.6 is 11.3 Å². The summed E-state index contributed by atoms with van der Waals surface area (Å²) in [5, 5.41) is 4.71. The number of hydrogen-bond donors (Lipinski definition) is 1. The van der Waals surface area contributed by atoms with Gasteiger partial charge < -0.3 is 14.2 Å². The molecule has 3 rings (SSSR count). The van der Waals surface area contributed by atoms with Crippen LogP contribution in [-0.2, 0) is 9.53 Å². The first-order valence-electron chi connectivity index (χ1n) is 8.40. The molecule has 0 atom stereocenters. The molecular weight excluding hydrogens is 399 g/mol. The number of carbonyl (C=O) groups excluding carboxylic acids is 2. The first-order valence-corrected chi connectivity index (χ1v) is 9.28.